The Labute approximate surface area is 92.2 Å². The lowest BCUT2D eigenvalue weighted by Gasteiger charge is -2.07. The molecule has 1 aromatic carbocycles. The number of hydrogen-bond acceptors (Lipinski definition) is 1. The fraction of sp³-hybridized carbons (Fsp3) is 0.143. The Hall–Kier alpha value is -1.11. The Morgan fingerprint density at radius 1 is 1.07 bits per heavy atom. The normalized spacial score (nSPS) is 19.8. The molecule has 75 valence electrons. The van der Waals surface area contributed by atoms with Gasteiger partial charge in [0.1, 0.15) is 0 Å². The third-order valence-corrected chi connectivity index (χ3v) is 2.42. The van der Waals surface area contributed by atoms with E-state index in [9.17, 15) is 0 Å². The summed E-state index contributed by atoms with van der Waals surface area (Å²) in [7, 11) is 0. The van der Waals surface area contributed by atoms with Crippen molar-refractivity contribution < 1.29 is 0 Å². The van der Waals surface area contributed by atoms with Crippen molar-refractivity contribution in [2.24, 2.45) is 4.99 Å². The van der Waals surface area contributed by atoms with Gasteiger partial charge >= 0.3 is 0 Å². The number of benzene rings is 1. The molecule has 0 unspecified atom stereocenters. The highest BCUT2D eigenvalue weighted by Gasteiger charge is 2.14. The Morgan fingerprint density at radius 2 is 1.73 bits per heavy atom. The van der Waals surface area contributed by atoms with Gasteiger partial charge in [0.15, 0.2) is 0 Å². The average molecular weight is 196 g/mol. The topological polar surface area (TPSA) is 12.4 Å². The fourth-order valence-corrected chi connectivity index (χ4v) is 1.49. The van der Waals surface area contributed by atoms with Gasteiger partial charge in [-0.05, 0) is 38.2 Å². The number of rotatable bonds is 3. The van der Waals surface area contributed by atoms with Crippen molar-refractivity contribution in [2.75, 3.05) is 0 Å². The maximum Gasteiger partial charge on any atom is 0.0717 e. The molecule has 1 aliphatic carbocycles. The van der Waals surface area contributed by atoms with Crippen molar-refractivity contribution in [3.8, 4) is 0 Å². The van der Waals surface area contributed by atoms with E-state index in [2.05, 4.69) is 36.9 Å². The summed E-state index contributed by atoms with van der Waals surface area (Å²) in [5.74, 6) is 1.16. The monoisotopic (exact) mass is 196 g/mol. The van der Waals surface area contributed by atoms with Gasteiger partial charge in [-0.2, -0.15) is 0 Å². The van der Waals surface area contributed by atoms with Crippen LogP contribution in [-0.4, -0.2) is 6.21 Å². The van der Waals surface area contributed by atoms with Gasteiger partial charge in [0.25, 0.3) is 0 Å². The molecule has 0 saturated heterocycles. The van der Waals surface area contributed by atoms with Crippen LogP contribution in [0.5, 0.6) is 0 Å². The summed E-state index contributed by atoms with van der Waals surface area (Å²) < 4.78 is 0. The van der Waals surface area contributed by atoms with E-state index in [-0.39, 0.29) is 6.04 Å². The van der Waals surface area contributed by atoms with Gasteiger partial charge in [-0.3, -0.25) is 4.99 Å². The summed E-state index contributed by atoms with van der Waals surface area (Å²) in [5.41, 5.74) is 1.25. The van der Waals surface area contributed by atoms with Crippen molar-refractivity contribution in [3.63, 3.8) is 0 Å². The summed E-state index contributed by atoms with van der Waals surface area (Å²) in [5, 5.41) is 0. The lowest BCUT2D eigenvalue weighted by atomic mass is 10.1. The van der Waals surface area contributed by atoms with Crippen molar-refractivity contribution >= 4 is 6.21 Å². The minimum atomic E-state index is 0.223. The second-order valence-electron chi connectivity index (χ2n) is 3.58. The Balaban J connectivity index is 1.94. The largest absolute Gasteiger partial charge is 0.289 e. The van der Waals surface area contributed by atoms with Crippen LogP contribution in [0.3, 0.4) is 0 Å². The van der Waals surface area contributed by atoms with E-state index in [0.717, 1.165) is 5.92 Å². The molecule has 1 fully saturated rings. The zero-order valence-electron chi connectivity index (χ0n) is 8.80. The third kappa shape index (κ3) is 2.92. The first-order chi connectivity index (χ1) is 7.36. The molecule has 0 N–H and O–H groups in total. The molecule has 0 aromatic heterocycles. The van der Waals surface area contributed by atoms with E-state index in [0.29, 0.717) is 0 Å². The van der Waals surface area contributed by atoms with E-state index < -0.39 is 0 Å². The predicted molar refractivity (Wildman–Crippen MR) is 63.8 cm³/mol. The SMILES string of the molecule is C[C@H](N=C[C]1[CH][CH][CH][CH]1)c1ccccc1. The molecule has 0 spiro atoms. The van der Waals surface area contributed by atoms with Crippen molar-refractivity contribution in [1.29, 1.82) is 0 Å². The maximum atomic E-state index is 4.51. The molecule has 0 amide bonds. The third-order valence-electron chi connectivity index (χ3n) is 2.42. The summed E-state index contributed by atoms with van der Waals surface area (Å²) in [6.07, 6.45) is 10.1. The molecular formula is C14H14N. The lowest BCUT2D eigenvalue weighted by molar-refractivity contribution is 0.823. The predicted octanol–water partition coefficient (Wildman–Crippen LogP) is 3.22. The number of aliphatic imine (C=N–C) groups is 1. The molecule has 1 atom stereocenters. The van der Waals surface area contributed by atoms with Gasteiger partial charge < -0.3 is 0 Å². The summed E-state index contributed by atoms with van der Waals surface area (Å²) in [6.45, 7) is 2.11. The van der Waals surface area contributed by atoms with Gasteiger partial charge in [0, 0.05) is 12.1 Å². The summed E-state index contributed by atoms with van der Waals surface area (Å²) >= 11 is 0. The first-order valence-electron chi connectivity index (χ1n) is 5.16. The first kappa shape index (κ1) is 10.4. The molecule has 1 aromatic rings. The number of hydrogen-bond donors (Lipinski definition) is 0. The molecular weight excluding hydrogens is 182 g/mol. The van der Waals surface area contributed by atoms with Crippen LogP contribution in [0.2, 0.25) is 0 Å². The minimum absolute atomic E-state index is 0.223. The molecule has 0 bridgehead atoms. The van der Waals surface area contributed by atoms with Crippen molar-refractivity contribution in [2.45, 2.75) is 13.0 Å². The standard InChI is InChI=1S/C14H14N/c1-12(14-9-3-2-4-10-14)15-11-13-7-5-6-8-13/h2-12H,1H3/t12-/m0/s1. The molecule has 5 radical (unpaired) electrons. The molecule has 0 heterocycles. The highest BCUT2D eigenvalue weighted by Crippen LogP contribution is 2.22. The van der Waals surface area contributed by atoms with Crippen LogP contribution in [0.4, 0.5) is 0 Å². The smallest absolute Gasteiger partial charge is 0.0717 e. The molecule has 2 rings (SSSR count). The summed E-state index contributed by atoms with van der Waals surface area (Å²) in [4.78, 5) is 4.51. The van der Waals surface area contributed by atoms with Crippen LogP contribution < -0.4 is 0 Å². The van der Waals surface area contributed by atoms with Crippen molar-refractivity contribution in [3.05, 3.63) is 67.5 Å². The quantitative estimate of drug-likeness (QED) is 0.658. The van der Waals surface area contributed by atoms with Gasteiger partial charge in [-0.15, -0.1) is 0 Å². The number of nitrogens with zero attached hydrogens (tertiary/aromatic N) is 1. The van der Waals surface area contributed by atoms with Gasteiger partial charge in [-0.1, -0.05) is 30.3 Å². The van der Waals surface area contributed by atoms with Crippen LogP contribution in [0, 0.1) is 31.6 Å². The van der Waals surface area contributed by atoms with E-state index in [1.165, 1.54) is 5.56 Å². The zero-order chi connectivity index (χ0) is 10.5. The Kier molecular flexibility index (Phi) is 3.54. The molecule has 15 heavy (non-hydrogen) atoms. The van der Waals surface area contributed by atoms with Crippen LogP contribution in [0.1, 0.15) is 18.5 Å². The van der Waals surface area contributed by atoms with E-state index in [4.69, 9.17) is 0 Å². The van der Waals surface area contributed by atoms with Crippen molar-refractivity contribution in [1.82, 2.24) is 0 Å². The molecule has 0 aliphatic heterocycles. The minimum Gasteiger partial charge on any atom is -0.289 e. The Morgan fingerprint density at radius 3 is 2.40 bits per heavy atom. The zero-order valence-corrected chi connectivity index (χ0v) is 8.80. The molecule has 1 aliphatic rings. The van der Waals surface area contributed by atoms with E-state index in [1.807, 2.05) is 37.3 Å². The molecule has 1 saturated carbocycles. The maximum absolute atomic E-state index is 4.51. The highest BCUT2D eigenvalue weighted by molar-refractivity contribution is 5.82. The molecule has 1 heteroatoms. The lowest BCUT2D eigenvalue weighted by Crippen LogP contribution is -1.96. The second kappa shape index (κ2) is 5.11. The summed E-state index contributed by atoms with van der Waals surface area (Å²) in [6, 6.07) is 10.5. The molecule has 1 nitrogen and oxygen atoms in total. The van der Waals surface area contributed by atoms with Crippen LogP contribution >= 0.6 is 0 Å². The van der Waals surface area contributed by atoms with Gasteiger partial charge in [0.05, 0.1) is 6.04 Å². The van der Waals surface area contributed by atoms with Crippen LogP contribution in [-0.2, 0) is 0 Å². The second-order valence-corrected chi connectivity index (χ2v) is 3.58. The average Bonchev–Trinajstić information content (AvgIpc) is 2.80. The van der Waals surface area contributed by atoms with Gasteiger partial charge in [-0.25, -0.2) is 0 Å². The fourth-order valence-electron chi connectivity index (χ4n) is 1.49. The van der Waals surface area contributed by atoms with Crippen LogP contribution in [0.25, 0.3) is 0 Å². The van der Waals surface area contributed by atoms with Gasteiger partial charge in [0.2, 0.25) is 0 Å². The Bertz CT molecular complexity index is 309. The van der Waals surface area contributed by atoms with E-state index in [1.54, 1.807) is 0 Å². The van der Waals surface area contributed by atoms with E-state index >= 15 is 0 Å². The van der Waals surface area contributed by atoms with Crippen LogP contribution in [0.15, 0.2) is 35.3 Å². The highest BCUT2D eigenvalue weighted by atomic mass is 14.8. The first-order valence-corrected chi connectivity index (χ1v) is 5.16.